The number of hydrogen-bond donors (Lipinski definition) is 2. The Morgan fingerprint density at radius 1 is 1.16 bits per heavy atom. The van der Waals surface area contributed by atoms with E-state index in [2.05, 4.69) is 15.8 Å². The SMILES string of the molecule is Cc1cccn2cc(COc3ccc(C(=O)N(C)CCCC4CC(c5cccc(F)c5)NN4)cc3)nc12. The molecule has 0 spiro atoms. The largest absolute Gasteiger partial charge is 0.487 e. The van der Waals surface area contributed by atoms with Crippen LogP contribution in [0.15, 0.2) is 73.1 Å². The molecule has 0 aliphatic carbocycles. The number of aromatic nitrogens is 2. The molecule has 7 nitrogen and oxygen atoms in total. The van der Waals surface area contributed by atoms with Crippen LogP contribution in [0.2, 0.25) is 0 Å². The van der Waals surface area contributed by atoms with Gasteiger partial charge in [0, 0.05) is 43.6 Å². The van der Waals surface area contributed by atoms with Gasteiger partial charge in [0.15, 0.2) is 0 Å². The number of carbonyl (C=O) groups excluding carboxylic acids is 1. The van der Waals surface area contributed by atoms with Gasteiger partial charge in [0.05, 0.1) is 5.69 Å². The Morgan fingerprint density at radius 3 is 2.78 bits per heavy atom. The maximum absolute atomic E-state index is 13.5. The number of fused-ring (bicyclic) bond motifs is 1. The first kappa shape index (κ1) is 24.9. The maximum atomic E-state index is 13.5. The normalized spacial score (nSPS) is 17.3. The second-order valence-electron chi connectivity index (χ2n) is 9.67. The molecule has 37 heavy (non-hydrogen) atoms. The zero-order valence-electron chi connectivity index (χ0n) is 21.2. The van der Waals surface area contributed by atoms with E-state index in [4.69, 9.17) is 4.74 Å². The number of imidazole rings is 1. The summed E-state index contributed by atoms with van der Waals surface area (Å²) in [5, 5.41) is 0. The standard InChI is InChI=1S/C29H32FN5O2/c1-20-6-4-15-35-18-25(31-28(20)35)19-37-26-12-10-21(11-13-26)29(36)34(2)14-5-9-24-17-27(33-32-24)22-7-3-8-23(30)16-22/h3-4,6-8,10-13,15-16,18,24,27,32-33H,5,9,14,17,19H2,1-2H3. The van der Waals surface area contributed by atoms with E-state index in [0.29, 0.717) is 24.5 Å². The number of benzene rings is 2. The quantitative estimate of drug-likeness (QED) is 0.344. The van der Waals surface area contributed by atoms with Crippen LogP contribution in [-0.4, -0.2) is 39.8 Å². The molecule has 2 N–H and O–H groups in total. The molecule has 5 rings (SSSR count). The number of hydrogen-bond acceptors (Lipinski definition) is 5. The van der Waals surface area contributed by atoms with Crippen molar-refractivity contribution in [3.8, 4) is 5.75 Å². The summed E-state index contributed by atoms with van der Waals surface area (Å²) >= 11 is 0. The fourth-order valence-electron chi connectivity index (χ4n) is 4.78. The van der Waals surface area contributed by atoms with Crippen LogP contribution in [-0.2, 0) is 6.61 Å². The molecule has 2 atom stereocenters. The molecule has 2 unspecified atom stereocenters. The molecule has 1 amide bonds. The van der Waals surface area contributed by atoms with Gasteiger partial charge in [-0.3, -0.25) is 15.6 Å². The third-order valence-corrected chi connectivity index (χ3v) is 6.84. The first-order chi connectivity index (χ1) is 18.0. The minimum absolute atomic E-state index is 0.0162. The lowest BCUT2D eigenvalue weighted by atomic mass is 9.99. The lowest BCUT2D eigenvalue weighted by Gasteiger charge is -2.18. The molecular formula is C29H32FN5O2. The lowest BCUT2D eigenvalue weighted by Crippen LogP contribution is -2.32. The fourth-order valence-corrected chi connectivity index (χ4v) is 4.78. The Balaban J connectivity index is 1.07. The number of halogens is 1. The monoisotopic (exact) mass is 501 g/mol. The Labute approximate surface area is 216 Å². The molecular weight excluding hydrogens is 469 g/mol. The van der Waals surface area contributed by atoms with Crippen molar-refractivity contribution in [1.82, 2.24) is 25.1 Å². The molecule has 192 valence electrons. The number of nitrogens with zero attached hydrogens (tertiary/aromatic N) is 3. The van der Waals surface area contributed by atoms with Crippen LogP contribution in [0.3, 0.4) is 0 Å². The number of rotatable bonds is 9. The van der Waals surface area contributed by atoms with Crippen molar-refractivity contribution in [3.05, 3.63) is 101 Å². The van der Waals surface area contributed by atoms with Gasteiger partial charge in [0.2, 0.25) is 0 Å². The highest BCUT2D eigenvalue weighted by molar-refractivity contribution is 5.94. The van der Waals surface area contributed by atoms with Gasteiger partial charge in [-0.05, 0) is 79.8 Å². The highest BCUT2D eigenvalue weighted by Crippen LogP contribution is 2.25. The van der Waals surface area contributed by atoms with Crippen molar-refractivity contribution < 1.29 is 13.9 Å². The number of ether oxygens (including phenoxy) is 1. The molecule has 1 aliphatic heterocycles. The maximum Gasteiger partial charge on any atom is 0.253 e. The minimum atomic E-state index is -0.218. The summed E-state index contributed by atoms with van der Waals surface area (Å²) in [6.07, 6.45) is 6.62. The molecule has 1 saturated heterocycles. The second kappa shape index (κ2) is 11.1. The number of nitrogens with one attached hydrogen (secondary N) is 2. The fraction of sp³-hybridized carbons (Fsp3) is 0.310. The van der Waals surface area contributed by atoms with E-state index >= 15 is 0 Å². The molecule has 4 aromatic rings. The van der Waals surface area contributed by atoms with E-state index in [9.17, 15) is 9.18 Å². The van der Waals surface area contributed by atoms with Crippen molar-refractivity contribution in [1.29, 1.82) is 0 Å². The summed E-state index contributed by atoms with van der Waals surface area (Å²) < 4.78 is 21.4. The smallest absolute Gasteiger partial charge is 0.253 e. The van der Waals surface area contributed by atoms with Crippen LogP contribution in [0, 0.1) is 12.7 Å². The number of amides is 1. The Hall–Kier alpha value is -3.75. The first-order valence-electron chi connectivity index (χ1n) is 12.6. The number of pyridine rings is 1. The topological polar surface area (TPSA) is 70.9 Å². The highest BCUT2D eigenvalue weighted by Gasteiger charge is 2.25. The van der Waals surface area contributed by atoms with Crippen LogP contribution in [0.25, 0.3) is 5.65 Å². The minimum Gasteiger partial charge on any atom is -0.487 e. The summed E-state index contributed by atoms with van der Waals surface area (Å²) in [5.74, 6) is 0.461. The van der Waals surface area contributed by atoms with Crippen molar-refractivity contribution in [3.63, 3.8) is 0 Å². The predicted octanol–water partition coefficient (Wildman–Crippen LogP) is 4.82. The summed E-state index contributed by atoms with van der Waals surface area (Å²) in [7, 11) is 1.83. The van der Waals surface area contributed by atoms with Crippen LogP contribution in [0.5, 0.6) is 5.75 Å². The number of carbonyl (C=O) groups is 1. The second-order valence-corrected chi connectivity index (χ2v) is 9.67. The van der Waals surface area contributed by atoms with Crippen molar-refractivity contribution in [2.75, 3.05) is 13.6 Å². The molecule has 1 aliphatic rings. The zero-order valence-corrected chi connectivity index (χ0v) is 21.2. The van der Waals surface area contributed by atoms with Crippen molar-refractivity contribution in [2.24, 2.45) is 0 Å². The van der Waals surface area contributed by atoms with E-state index in [1.807, 2.05) is 61.1 Å². The Morgan fingerprint density at radius 2 is 2.00 bits per heavy atom. The number of hydrazine groups is 1. The van der Waals surface area contributed by atoms with Crippen LogP contribution in [0.4, 0.5) is 4.39 Å². The van der Waals surface area contributed by atoms with E-state index in [1.54, 1.807) is 29.2 Å². The van der Waals surface area contributed by atoms with Gasteiger partial charge < -0.3 is 14.0 Å². The molecule has 3 heterocycles. The van der Waals surface area contributed by atoms with Gasteiger partial charge >= 0.3 is 0 Å². The summed E-state index contributed by atoms with van der Waals surface area (Å²) in [6.45, 7) is 3.05. The van der Waals surface area contributed by atoms with Gasteiger partial charge in [-0.1, -0.05) is 18.2 Å². The summed E-state index contributed by atoms with van der Waals surface area (Å²) in [5.41, 5.74) is 11.0. The average Bonchev–Trinajstić information content (AvgIpc) is 3.55. The molecule has 0 bridgehead atoms. The number of aryl methyl sites for hydroxylation is 1. The van der Waals surface area contributed by atoms with Gasteiger partial charge in [-0.15, -0.1) is 0 Å². The van der Waals surface area contributed by atoms with E-state index in [-0.39, 0.29) is 23.8 Å². The van der Waals surface area contributed by atoms with Gasteiger partial charge in [-0.2, -0.15) is 0 Å². The van der Waals surface area contributed by atoms with Crippen molar-refractivity contribution in [2.45, 2.75) is 44.9 Å². The summed E-state index contributed by atoms with van der Waals surface area (Å²) in [6, 6.07) is 18.4. The molecule has 2 aromatic carbocycles. The lowest BCUT2D eigenvalue weighted by molar-refractivity contribution is 0.0791. The zero-order chi connectivity index (χ0) is 25.8. The van der Waals surface area contributed by atoms with Crippen LogP contribution in [0.1, 0.15) is 52.5 Å². The Kier molecular flexibility index (Phi) is 7.48. The molecule has 0 radical (unpaired) electrons. The van der Waals surface area contributed by atoms with Crippen LogP contribution >= 0.6 is 0 Å². The molecule has 0 saturated carbocycles. The van der Waals surface area contributed by atoms with E-state index < -0.39 is 0 Å². The third-order valence-electron chi connectivity index (χ3n) is 6.84. The van der Waals surface area contributed by atoms with E-state index in [0.717, 1.165) is 41.7 Å². The molecule has 1 fully saturated rings. The Bertz CT molecular complexity index is 1370. The van der Waals surface area contributed by atoms with Crippen LogP contribution < -0.4 is 15.6 Å². The predicted molar refractivity (Wildman–Crippen MR) is 141 cm³/mol. The highest BCUT2D eigenvalue weighted by atomic mass is 19.1. The third kappa shape index (κ3) is 5.98. The van der Waals surface area contributed by atoms with Crippen molar-refractivity contribution >= 4 is 11.6 Å². The van der Waals surface area contributed by atoms with Gasteiger partial charge in [-0.25, -0.2) is 9.37 Å². The molecule has 2 aromatic heterocycles. The molecule has 8 heteroatoms. The van der Waals surface area contributed by atoms with Gasteiger partial charge in [0.25, 0.3) is 5.91 Å². The summed E-state index contributed by atoms with van der Waals surface area (Å²) in [4.78, 5) is 19.3. The van der Waals surface area contributed by atoms with Gasteiger partial charge in [0.1, 0.15) is 23.8 Å². The first-order valence-corrected chi connectivity index (χ1v) is 12.6. The average molecular weight is 502 g/mol. The van der Waals surface area contributed by atoms with E-state index in [1.165, 1.54) is 6.07 Å².